The van der Waals surface area contributed by atoms with E-state index in [2.05, 4.69) is 163 Å². The van der Waals surface area contributed by atoms with Crippen LogP contribution in [0, 0.1) is 0 Å². The normalized spacial score (nSPS) is 13.2. The lowest BCUT2D eigenvalue weighted by molar-refractivity contribution is 0.385. The molecule has 0 aliphatic carbocycles. The van der Waals surface area contributed by atoms with Crippen molar-refractivity contribution >= 4 is 18.0 Å². The maximum atomic E-state index is 5.08. The summed E-state index contributed by atoms with van der Waals surface area (Å²) in [5.74, 6) is 0.704. The van der Waals surface area contributed by atoms with Gasteiger partial charge in [0.25, 0.3) is 0 Å². The Bertz CT molecular complexity index is 2470. The molecule has 0 unspecified atom stereocenters. The van der Waals surface area contributed by atoms with Crippen molar-refractivity contribution in [3.63, 3.8) is 0 Å². The fourth-order valence-electron chi connectivity index (χ4n) is 6.48. The van der Waals surface area contributed by atoms with Gasteiger partial charge < -0.3 is 5.43 Å². The molecule has 6 aromatic carbocycles. The zero-order valence-corrected chi connectivity index (χ0v) is 26.6. The van der Waals surface area contributed by atoms with Gasteiger partial charge in [-0.3, -0.25) is 5.01 Å². The average molecular weight is 630 g/mol. The molecule has 7 aromatic rings. The molecule has 3 heterocycles. The fourth-order valence-corrected chi connectivity index (χ4v) is 6.48. The molecule has 0 amide bonds. The summed E-state index contributed by atoms with van der Waals surface area (Å²) in [7, 11) is 0. The Morgan fingerprint density at radius 2 is 0.939 bits per heavy atom. The molecule has 232 valence electrons. The van der Waals surface area contributed by atoms with E-state index in [1.807, 2.05) is 29.3 Å². The van der Waals surface area contributed by atoms with Crippen molar-refractivity contribution in [2.75, 3.05) is 0 Å². The average Bonchev–Trinajstić information content (AvgIpc) is 3.60. The van der Waals surface area contributed by atoms with Gasteiger partial charge in [0.2, 0.25) is 0 Å². The second-order valence-electron chi connectivity index (χ2n) is 12.2. The van der Waals surface area contributed by atoms with Crippen LogP contribution in [0.1, 0.15) is 5.56 Å². The molecule has 5 nitrogen and oxygen atoms in total. The first kappa shape index (κ1) is 28.6. The molecule has 2 N–H and O–H groups in total. The molecule has 0 bridgehead atoms. The summed E-state index contributed by atoms with van der Waals surface area (Å²) in [5, 5.41) is 4.43. The largest absolute Gasteiger partial charge is 0.301 e. The van der Waals surface area contributed by atoms with Crippen molar-refractivity contribution in [1.82, 2.24) is 25.9 Å². The lowest BCUT2D eigenvalue weighted by atomic mass is 9.98. The lowest BCUT2D eigenvalue weighted by Gasteiger charge is -2.16. The van der Waals surface area contributed by atoms with Crippen molar-refractivity contribution in [1.29, 1.82) is 0 Å². The van der Waals surface area contributed by atoms with Crippen LogP contribution in [0.4, 0.5) is 0 Å². The number of hydrogen-bond acceptors (Lipinski definition) is 5. The van der Waals surface area contributed by atoms with Crippen LogP contribution in [0.2, 0.25) is 0 Å². The summed E-state index contributed by atoms with van der Waals surface area (Å²) >= 11 is 0. The summed E-state index contributed by atoms with van der Waals surface area (Å²) in [5.41, 5.74) is 19.4. The number of hydrogen-bond donors (Lipinski definition) is 2. The summed E-state index contributed by atoms with van der Waals surface area (Å²) in [6, 6.07) is 57.1. The third-order valence-electron chi connectivity index (χ3n) is 9.08. The topological polar surface area (TPSA) is 53.1 Å². The minimum absolute atomic E-state index is 0.704. The van der Waals surface area contributed by atoms with Crippen molar-refractivity contribution < 1.29 is 0 Å². The highest BCUT2D eigenvalue weighted by molar-refractivity contribution is 5.81. The predicted molar refractivity (Wildman–Crippen MR) is 199 cm³/mol. The number of rotatable bonds is 6. The van der Waals surface area contributed by atoms with Crippen LogP contribution < -0.4 is 21.4 Å². The second-order valence-corrected chi connectivity index (χ2v) is 12.2. The SMILES string of the molecule is C1=c2ccccc2=CN2NNC(c3ccc(-c4cccc(-c5cc(-c6ccc(-c7ccccc7)cc6)nc(-c6ccccc6)n5)c4)cc3)=C12. The first-order valence-electron chi connectivity index (χ1n) is 16.4. The molecule has 0 radical (unpaired) electrons. The van der Waals surface area contributed by atoms with Crippen LogP contribution in [0.5, 0.6) is 0 Å². The summed E-state index contributed by atoms with van der Waals surface area (Å²) in [4.78, 5) is 10.1. The van der Waals surface area contributed by atoms with Gasteiger partial charge in [0, 0.05) is 28.5 Å². The number of benzene rings is 6. The van der Waals surface area contributed by atoms with Gasteiger partial charge in [0.15, 0.2) is 5.82 Å². The molecule has 49 heavy (non-hydrogen) atoms. The number of nitrogens with one attached hydrogen (secondary N) is 2. The molecule has 0 fully saturated rings. The Morgan fingerprint density at radius 1 is 0.408 bits per heavy atom. The standard InChI is InChI=1S/C44H31N5/c1-3-10-30(11-4-1)31-18-22-33(23-19-31)40-28-41(46-44(45-40)35-12-5-2-6-13-35)38-17-9-16-36(26-38)32-20-24-34(25-21-32)43-42-27-37-14-7-8-15-39(37)29-49(42)48-47-43/h1-29,47-48H. The Labute approximate surface area is 284 Å². The minimum Gasteiger partial charge on any atom is -0.301 e. The Kier molecular flexibility index (Phi) is 7.15. The van der Waals surface area contributed by atoms with E-state index in [-0.39, 0.29) is 0 Å². The third-order valence-corrected chi connectivity index (χ3v) is 9.08. The first-order valence-corrected chi connectivity index (χ1v) is 16.4. The first-order chi connectivity index (χ1) is 24.2. The number of nitrogens with zero attached hydrogens (tertiary/aromatic N) is 3. The number of aromatic nitrogens is 2. The quantitative estimate of drug-likeness (QED) is 0.195. The van der Waals surface area contributed by atoms with Crippen molar-refractivity contribution in [2.45, 2.75) is 0 Å². The molecule has 0 spiro atoms. The highest BCUT2D eigenvalue weighted by atomic mass is 15.7. The molecule has 0 saturated carbocycles. The Hall–Kier alpha value is -6.56. The van der Waals surface area contributed by atoms with Crippen molar-refractivity contribution in [2.24, 2.45) is 0 Å². The zero-order chi connectivity index (χ0) is 32.6. The van der Waals surface area contributed by atoms with E-state index < -0.39 is 0 Å². The van der Waals surface area contributed by atoms with Gasteiger partial charge in [0.05, 0.1) is 22.8 Å². The molecular formula is C44H31N5. The van der Waals surface area contributed by atoms with E-state index in [1.165, 1.54) is 21.6 Å². The van der Waals surface area contributed by atoms with Crippen molar-refractivity contribution in [3.05, 3.63) is 185 Å². The number of hydrazine groups is 2. The molecular weight excluding hydrogens is 599 g/mol. The maximum Gasteiger partial charge on any atom is 0.160 e. The highest BCUT2D eigenvalue weighted by Gasteiger charge is 2.22. The molecule has 2 aliphatic heterocycles. The van der Waals surface area contributed by atoms with Crippen LogP contribution in [0.25, 0.3) is 74.1 Å². The molecule has 5 heteroatoms. The summed E-state index contributed by atoms with van der Waals surface area (Å²) < 4.78 is 0. The molecule has 2 aliphatic rings. The highest BCUT2D eigenvalue weighted by Crippen LogP contribution is 2.32. The predicted octanol–water partition coefficient (Wildman–Crippen LogP) is 8.04. The Balaban J connectivity index is 1.06. The van der Waals surface area contributed by atoms with Crippen LogP contribution >= 0.6 is 0 Å². The minimum atomic E-state index is 0.704. The smallest absolute Gasteiger partial charge is 0.160 e. The van der Waals surface area contributed by atoms with Crippen LogP contribution in [0.15, 0.2) is 169 Å². The van der Waals surface area contributed by atoms with Gasteiger partial charge in [0.1, 0.15) is 0 Å². The lowest BCUT2D eigenvalue weighted by Crippen LogP contribution is -2.40. The number of fused-ring (bicyclic) bond motifs is 2. The maximum absolute atomic E-state index is 5.08. The zero-order valence-electron chi connectivity index (χ0n) is 26.6. The van der Waals surface area contributed by atoms with Gasteiger partial charge in [-0.15, -0.1) is 5.53 Å². The number of allylic oxidation sites excluding steroid dienone is 1. The van der Waals surface area contributed by atoms with Gasteiger partial charge in [-0.25, -0.2) is 9.97 Å². The van der Waals surface area contributed by atoms with E-state index in [1.54, 1.807) is 0 Å². The monoisotopic (exact) mass is 629 g/mol. The van der Waals surface area contributed by atoms with E-state index >= 15 is 0 Å². The molecule has 0 atom stereocenters. The van der Waals surface area contributed by atoms with Crippen molar-refractivity contribution in [3.8, 4) is 56.2 Å². The molecule has 9 rings (SSSR count). The van der Waals surface area contributed by atoms with Crippen LogP contribution in [-0.4, -0.2) is 15.0 Å². The Morgan fingerprint density at radius 3 is 1.67 bits per heavy atom. The van der Waals surface area contributed by atoms with E-state index in [4.69, 9.17) is 9.97 Å². The van der Waals surface area contributed by atoms with E-state index in [0.29, 0.717) is 5.82 Å². The van der Waals surface area contributed by atoms with E-state index in [0.717, 1.165) is 56.2 Å². The fraction of sp³-hybridized carbons (Fsp3) is 0. The van der Waals surface area contributed by atoms with Crippen LogP contribution in [0.3, 0.4) is 0 Å². The van der Waals surface area contributed by atoms with Gasteiger partial charge in [-0.1, -0.05) is 152 Å². The van der Waals surface area contributed by atoms with Gasteiger partial charge >= 0.3 is 0 Å². The molecule has 1 aromatic heterocycles. The van der Waals surface area contributed by atoms with Gasteiger partial charge in [-0.2, -0.15) is 0 Å². The van der Waals surface area contributed by atoms with Gasteiger partial charge in [-0.05, 0) is 50.9 Å². The molecule has 0 saturated heterocycles. The third kappa shape index (κ3) is 5.58. The second kappa shape index (κ2) is 12.2. The summed E-state index contributed by atoms with van der Waals surface area (Å²) in [6.07, 6.45) is 4.33. The van der Waals surface area contributed by atoms with Crippen LogP contribution in [-0.2, 0) is 0 Å². The van der Waals surface area contributed by atoms with E-state index in [9.17, 15) is 0 Å². The summed E-state index contributed by atoms with van der Waals surface area (Å²) in [6.45, 7) is 0.